The smallest absolute Gasteiger partial charge is 0.159 e. The zero-order chi connectivity index (χ0) is 12.7. The van der Waals surface area contributed by atoms with Crippen LogP contribution in [0.15, 0.2) is 24.4 Å². The molecule has 0 unspecified atom stereocenters. The molecule has 0 saturated heterocycles. The molecule has 1 aliphatic rings. The molecule has 0 aliphatic heterocycles. The van der Waals surface area contributed by atoms with Gasteiger partial charge in [-0.15, -0.1) is 11.6 Å². The molecule has 2 aromatic rings. The lowest BCUT2D eigenvalue weighted by Crippen LogP contribution is -2.34. The van der Waals surface area contributed by atoms with Crippen LogP contribution in [0, 0.1) is 3.57 Å². The first kappa shape index (κ1) is 12.8. The number of aromatic nitrogens is 1. The number of nitrogens with zero attached hydrogens (tertiary/aromatic N) is 1. The Morgan fingerprint density at radius 1 is 1.39 bits per heavy atom. The molecule has 18 heavy (non-hydrogen) atoms. The number of pyridine rings is 1. The van der Waals surface area contributed by atoms with Gasteiger partial charge in [-0.25, -0.2) is 0 Å². The van der Waals surface area contributed by atoms with Crippen LogP contribution in [0.25, 0.3) is 10.9 Å². The highest BCUT2D eigenvalue weighted by atomic mass is 127. The molecule has 3 rings (SSSR count). The molecule has 1 heterocycles. The lowest BCUT2D eigenvalue weighted by atomic mass is 9.95. The predicted molar refractivity (Wildman–Crippen MR) is 82.8 cm³/mol. The van der Waals surface area contributed by atoms with Gasteiger partial charge in [0.15, 0.2) is 5.75 Å². The summed E-state index contributed by atoms with van der Waals surface area (Å²) in [6.07, 6.45) is 3.75. The Hall–Kier alpha value is -0.260. The van der Waals surface area contributed by atoms with Crippen LogP contribution in [0.1, 0.15) is 12.8 Å². The summed E-state index contributed by atoms with van der Waals surface area (Å²) in [5.41, 5.74) is 0.826. The van der Waals surface area contributed by atoms with E-state index in [4.69, 9.17) is 27.9 Å². The average Bonchev–Trinajstić information content (AvgIpc) is 2.32. The Labute approximate surface area is 129 Å². The van der Waals surface area contributed by atoms with E-state index in [1.807, 2.05) is 18.2 Å². The topological polar surface area (TPSA) is 22.1 Å². The second kappa shape index (κ2) is 5.02. The molecule has 1 aromatic carbocycles. The van der Waals surface area contributed by atoms with Crippen molar-refractivity contribution in [2.24, 2.45) is 0 Å². The third-order valence-corrected chi connectivity index (χ3v) is 4.54. The number of ether oxygens (including phenoxy) is 1. The molecule has 0 atom stereocenters. The standard InChI is InChI=1S/C13H10Cl2INO/c14-7-4-8(5-7)18-13-11(16)6-10(15)9-2-1-3-17-12(9)13/h1-3,6-8H,4-5H2. The van der Waals surface area contributed by atoms with Gasteiger partial charge >= 0.3 is 0 Å². The molecule has 0 bridgehead atoms. The molecule has 1 fully saturated rings. The van der Waals surface area contributed by atoms with E-state index >= 15 is 0 Å². The van der Waals surface area contributed by atoms with Crippen molar-refractivity contribution in [3.8, 4) is 5.75 Å². The Balaban J connectivity index is 2.04. The first-order chi connectivity index (χ1) is 8.65. The molecule has 94 valence electrons. The number of hydrogen-bond donors (Lipinski definition) is 0. The van der Waals surface area contributed by atoms with Gasteiger partial charge in [0.1, 0.15) is 11.6 Å². The lowest BCUT2D eigenvalue weighted by Gasteiger charge is -2.31. The number of benzene rings is 1. The quantitative estimate of drug-likeness (QED) is 0.547. The number of hydrogen-bond acceptors (Lipinski definition) is 2. The molecule has 0 N–H and O–H groups in total. The van der Waals surface area contributed by atoms with Crippen LogP contribution >= 0.6 is 45.8 Å². The zero-order valence-corrected chi connectivity index (χ0v) is 13.0. The summed E-state index contributed by atoms with van der Waals surface area (Å²) in [5, 5.41) is 1.88. The monoisotopic (exact) mass is 393 g/mol. The van der Waals surface area contributed by atoms with Gasteiger partial charge < -0.3 is 4.74 Å². The second-order valence-corrected chi connectivity index (χ2v) is 6.56. The molecule has 2 nitrogen and oxygen atoms in total. The van der Waals surface area contributed by atoms with Crippen LogP contribution in [-0.4, -0.2) is 16.5 Å². The predicted octanol–water partition coefficient (Wildman–Crippen LogP) is 4.64. The van der Waals surface area contributed by atoms with Crippen molar-refractivity contribution < 1.29 is 4.74 Å². The fraction of sp³-hybridized carbons (Fsp3) is 0.308. The second-order valence-electron chi connectivity index (χ2n) is 4.38. The summed E-state index contributed by atoms with van der Waals surface area (Å²) in [5.74, 6) is 0.823. The summed E-state index contributed by atoms with van der Waals surface area (Å²) in [6.45, 7) is 0. The number of fused-ring (bicyclic) bond motifs is 1. The molecule has 5 heteroatoms. The highest BCUT2D eigenvalue weighted by Crippen LogP contribution is 2.38. The first-order valence-electron chi connectivity index (χ1n) is 5.68. The van der Waals surface area contributed by atoms with E-state index in [2.05, 4.69) is 27.6 Å². The third kappa shape index (κ3) is 2.28. The summed E-state index contributed by atoms with van der Waals surface area (Å²) >= 11 is 14.4. The van der Waals surface area contributed by atoms with Crippen molar-refractivity contribution in [2.75, 3.05) is 0 Å². The molecule has 0 amide bonds. The van der Waals surface area contributed by atoms with Crippen LogP contribution in [0.2, 0.25) is 5.02 Å². The van der Waals surface area contributed by atoms with Gasteiger partial charge in [-0.1, -0.05) is 11.6 Å². The van der Waals surface area contributed by atoms with E-state index in [1.54, 1.807) is 6.20 Å². The minimum Gasteiger partial charge on any atom is -0.487 e. The van der Waals surface area contributed by atoms with Gasteiger partial charge in [0.25, 0.3) is 0 Å². The van der Waals surface area contributed by atoms with E-state index in [0.717, 1.165) is 33.1 Å². The van der Waals surface area contributed by atoms with Crippen molar-refractivity contribution in [1.29, 1.82) is 0 Å². The zero-order valence-electron chi connectivity index (χ0n) is 9.37. The first-order valence-corrected chi connectivity index (χ1v) is 7.58. The molecule has 1 saturated carbocycles. The third-order valence-electron chi connectivity index (χ3n) is 3.07. The van der Waals surface area contributed by atoms with Gasteiger partial charge in [-0.3, -0.25) is 4.98 Å². The number of alkyl halides is 1. The SMILES string of the molecule is Clc1cc(I)c(OC2CC(Cl)C2)c2ncccc12. The van der Waals surface area contributed by atoms with Crippen molar-refractivity contribution >= 4 is 56.7 Å². The highest BCUT2D eigenvalue weighted by molar-refractivity contribution is 14.1. The van der Waals surface area contributed by atoms with E-state index in [1.165, 1.54) is 0 Å². The van der Waals surface area contributed by atoms with Crippen molar-refractivity contribution in [1.82, 2.24) is 4.98 Å². The lowest BCUT2D eigenvalue weighted by molar-refractivity contribution is 0.125. The molecule has 1 aliphatic carbocycles. The maximum absolute atomic E-state index is 6.22. The molecular formula is C13H10Cl2INO. The Kier molecular flexibility index (Phi) is 3.56. The fourth-order valence-corrected chi connectivity index (χ4v) is 3.56. The van der Waals surface area contributed by atoms with Gasteiger partial charge in [-0.05, 0) is 40.8 Å². The maximum Gasteiger partial charge on any atom is 0.159 e. The van der Waals surface area contributed by atoms with Gasteiger partial charge in [-0.2, -0.15) is 0 Å². The van der Waals surface area contributed by atoms with Crippen LogP contribution in [0.4, 0.5) is 0 Å². The largest absolute Gasteiger partial charge is 0.487 e. The van der Waals surface area contributed by atoms with Crippen molar-refractivity contribution in [2.45, 2.75) is 24.3 Å². The van der Waals surface area contributed by atoms with E-state index < -0.39 is 0 Å². The normalized spacial score (nSPS) is 22.8. The maximum atomic E-state index is 6.22. The minimum atomic E-state index is 0.201. The average molecular weight is 394 g/mol. The van der Waals surface area contributed by atoms with Gasteiger partial charge in [0.2, 0.25) is 0 Å². The number of halogens is 3. The van der Waals surface area contributed by atoms with Gasteiger partial charge in [0.05, 0.1) is 8.59 Å². The minimum absolute atomic E-state index is 0.201. The molecule has 0 radical (unpaired) electrons. The van der Waals surface area contributed by atoms with Crippen LogP contribution < -0.4 is 4.74 Å². The molecule has 1 aromatic heterocycles. The molecular weight excluding hydrogens is 384 g/mol. The van der Waals surface area contributed by atoms with E-state index in [-0.39, 0.29) is 11.5 Å². The van der Waals surface area contributed by atoms with E-state index in [0.29, 0.717) is 5.02 Å². The summed E-state index contributed by atoms with van der Waals surface area (Å²) in [6, 6.07) is 5.75. The van der Waals surface area contributed by atoms with E-state index in [9.17, 15) is 0 Å². The van der Waals surface area contributed by atoms with Crippen molar-refractivity contribution in [3.05, 3.63) is 33.0 Å². The Morgan fingerprint density at radius 2 is 2.17 bits per heavy atom. The summed E-state index contributed by atoms with van der Waals surface area (Å²) in [4.78, 5) is 4.39. The Morgan fingerprint density at radius 3 is 2.89 bits per heavy atom. The molecule has 0 spiro atoms. The summed E-state index contributed by atoms with van der Waals surface area (Å²) in [7, 11) is 0. The van der Waals surface area contributed by atoms with Crippen LogP contribution in [0.5, 0.6) is 5.75 Å². The van der Waals surface area contributed by atoms with Crippen molar-refractivity contribution in [3.63, 3.8) is 0 Å². The highest BCUT2D eigenvalue weighted by Gasteiger charge is 2.30. The van der Waals surface area contributed by atoms with Crippen LogP contribution in [0.3, 0.4) is 0 Å². The van der Waals surface area contributed by atoms with Gasteiger partial charge in [0, 0.05) is 29.8 Å². The van der Waals surface area contributed by atoms with Crippen LogP contribution in [-0.2, 0) is 0 Å². The Bertz CT molecular complexity index is 599. The number of rotatable bonds is 2. The summed E-state index contributed by atoms with van der Waals surface area (Å²) < 4.78 is 6.99. The fourth-order valence-electron chi connectivity index (χ4n) is 2.02.